The minimum atomic E-state index is -3.89. The average Bonchev–Trinajstić information content (AvgIpc) is 3.20. The van der Waals surface area contributed by atoms with E-state index in [2.05, 4.69) is 15.3 Å². The molecule has 0 aliphatic heterocycles. The highest BCUT2D eigenvalue weighted by Crippen LogP contribution is 2.32. The number of sulfone groups is 1. The molecule has 0 spiro atoms. The predicted molar refractivity (Wildman–Crippen MR) is 97.4 cm³/mol. The Morgan fingerprint density at radius 1 is 1.24 bits per heavy atom. The van der Waals surface area contributed by atoms with E-state index in [4.69, 9.17) is 11.6 Å². The first-order chi connectivity index (χ1) is 11.9. The Morgan fingerprint density at radius 2 is 2.04 bits per heavy atom. The number of aromatic nitrogens is 4. The first kappa shape index (κ1) is 16.2. The van der Waals surface area contributed by atoms with Crippen molar-refractivity contribution >= 4 is 54.5 Å². The zero-order valence-corrected chi connectivity index (χ0v) is 15.6. The van der Waals surface area contributed by atoms with Crippen LogP contribution in [0.25, 0.3) is 15.9 Å². The van der Waals surface area contributed by atoms with Crippen molar-refractivity contribution in [1.29, 1.82) is 0 Å². The fraction of sp³-hybridized carbons (Fsp3) is 0.133. The molecule has 3 aromatic heterocycles. The number of thiophene rings is 1. The number of fused-ring (bicyclic) bond motifs is 3. The average molecular weight is 394 g/mol. The zero-order chi connectivity index (χ0) is 17.8. The Kier molecular flexibility index (Phi) is 3.67. The molecule has 4 rings (SSSR count). The summed E-state index contributed by atoms with van der Waals surface area (Å²) >= 11 is 7.38. The Morgan fingerprint density at radius 3 is 2.76 bits per heavy atom. The third-order valence-corrected chi connectivity index (χ3v) is 6.46. The molecule has 7 nitrogen and oxygen atoms in total. The molecule has 10 heteroatoms. The minimum Gasteiger partial charge on any atom is -0.362 e. The van der Waals surface area contributed by atoms with Crippen molar-refractivity contribution in [2.45, 2.75) is 9.92 Å². The molecule has 128 valence electrons. The van der Waals surface area contributed by atoms with Gasteiger partial charge in [-0.1, -0.05) is 22.9 Å². The van der Waals surface area contributed by atoms with Crippen LogP contribution in [-0.2, 0) is 9.84 Å². The van der Waals surface area contributed by atoms with Crippen molar-refractivity contribution in [3.05, 3.63) is 40.7 Å². The molecule has 0 bridgehead atoms. The fourth-order valence-electron chi connectivity index (χ4n) is 2.55. The van der Waals surface area contributed by atoms with Crippen LogP contribution in [0.1, 0.15) is 0 Å². The first-order valence-corrected chi connectivity index (χ1v) is 9.94. The van der Waals surface area contributed by atoms with E-state index in [1.165, 1.54) is 28.0 Å². The molecule has 0 radical (unpaired) electrons. The third kappa shape index (κ3) is 2.46. The van der Waals surface area contributed by atoms with Crippen molar-refractivity contribution in [2.24, 2.45) is 0 Å². The largest absolute Gasteiger partial charge is 0.362 e. The predicted octanol–water partition coefficient (Wildman–Crippen LogP) is 2.89. The van der Waals surface area contributed by atoms with Gasteiger partial charge in [0.2, 0.25) is 14.9 Å². The molecular formula is C15H12ClN5O2S2. The summed E-state index contributed by atoms with van der Waals surface area (Å²) in [7, 11) is -0.190. The van der Waals surface area contributed by atoms with Crippen molar-refractivity contribution < 1.29 is 8.42 Å². The van der Waals surface area contributed by atoms with Crippen LogP contribution in [0, 0.1) is 0 Å². The molecule has 3 heterocycles. The number of nitrogens with zero attached hydrogens (tertiary/aromatic N) is 5. The summed E-state index contributed by atoms with van der Waals surface area (Å²) in [6.07, 6.45) is 0. The van der Waals surface area contributed by atoms with Crippen LogP contribution in [-0.4, -0.2) is 42.3 Å². The van der Waals surface area contributed by atoms with Gasteiger partial charge in [-0.15, -0.1) is 16.4 Å². The van der Waals surface area contributed by atoms with Gasteiger partial charge in [0, 0.05) is 19.1 Å². The van der Waals surface area contributed by atoms with E-state index in [-0.39, 0.29) is 15.6 Å². The highest BCUT2D eigenvalue weighted by Gasteiger charge is 2.27. The summed E-state index contributed by atoms with van der Waals surface area (Å²) in [5.41, 5.74) is 0.193. The highest BCUT2D eigenvalue weighted by molar-refractivity contribution is 7.91. The van der Waals surface area contributed by atoms with Crippen LogP contribution in [0.15, 0.2) is 45.6 Å². The van der Waals surface area contributed by atoms with Gasteiger partial charge < -0.3 is 4.90 Å². The molecule has 0 amide bonds. The maximum absolute atomic E-state index is 13.0. The summed E-state index contributed by atoms with van der Waals surface area (Å²) < 4.78 is 27.4. The molecule has 0 aliphatic carbocycles. The van der Waals surface area contributed by atoms with E-state index in [0.29, 0.717) is 10.8 Å². The second-order valence-corrected chi connectivity index (χ2v) is 8.76. The van der Waals surface area contributed by atoms with E-state index >= 15 is 0 Å². The zero-order valence-electron chi connectivity index (χ0n) is 13.2. The van der Waals surface area contributed by atoms with Gasteiger partial charge in [-0.05, 0) is 29.6 Å². The monoisotopic (exact) mass is 393 g/mol. The maximum Gasteiger partial charge on any atom is 0.229 e. The van der Waals surface area contributed by atoms with E-state index in [0.717, 1.165) is 10.2 Å². The van der Waals surface area contributed by atoms with Crippen molar-refractivity contribution in [1.82, 2.24) is 19.8 Å². The SMILES string of the molecule is CN(C)c1nc2c(S(=O)(=O)c3cccc(Cl)c3)nnn2c2sccc12. The van der Waals surface area contributed by atoms with Gasteiger partial charge in [0.05, 0.1) is 10.3 Å². The number of hydrogen-bond donors (Lipinski definition) is 0. The molecule has 25 heavy (non-hydrogen) atoms. The maximum atomic E-state index is 13.0. The smallest absolute Gasteiger partial charge is 0.229 e. The standard InChI is InChI=1S/C15H12ClN5O2S2/c1-20(2)12-11-6-7-24-15(11)21-13(17-12)14(18-19-21)25(22,23)10-5-3-4-9(16)8-10/h3-8H,1-2H3. The van der Waals surface area contributed by atoms with Gasteiger partial charge in [0.25, 0.3) is 0 Å². The lowest BCUT2D eigenvalue weighted by Gasteiger charge is -2.13. The quantitative estimate of drug-likeness (QED) is 0.532. The first-order valence-electron chi connectivity index (χ1n) is 7.20. The number of anilines is 1. The number of halogens is 1. The Balaban J connectivity index is 2.05. The molecular weight excluding hydrogens is 382 g/mol. The molecule has 0 aliphatic rings. The minimum absolute atomic E-state index is 0.0573. The second-order valence-electron chi connectivity index (χ2n) is 5.56. The molecule has 1 aromatic carbocycles. The number of benzene rings is 1. The normalized spacial score (nSPS) is 12.1. The summed E-state index contributed by atoms with van der Waals surface area (Å²) in [6, 6.07) is 7.98. The van der Waals surface area contributed by atoms with Crippen LogP contribution in [0.3, 0.4) is 0 Å². The molecule has 0 fully saturated rings. The number of hydrogen-bond acceptors (Lipinski definition) is 7. The van der Waals surface area contributed by atoms with Crippen LogP contribution in [0.4, 0.5) is 5.82 Å². The molecule has 0 atom stereocenters. The lowest BCUT2D eigenvalue weighted by atomic mass is 10.3. The molecule has 0 N–H and O–H groups in total. The number of rotatable bonds is 3. The third-order valence-electron chi connectivity index (χ3n) is 3.69. The van der Waals surface area contributed by atoms with E-state index in [1.807, 2.05) is 30.4 Å². The van der Waals surface area contributed by atoms with Crippen LogP contribution in [0.5, 0.6) is 0 Å². The molecule has 0 saturated carbocycles. The van der Waals surface area contributed by atoms with Crippen LogP contribution in [0.2, 0.25) is 5.02 Å². The van der Waals surface area contributed by atoms with Crippen molar-refractivity contribution in [3.8, 4) is 0 Å². The molecule has 4 aromatic rings. The van der Waals surface area contributed by atoms with E-state index in [1.54, 1.807) is 12.1 Å². The van der Waals surface area contributed by atoms with Gasteiger partial charge in [0.1, 0.15) is 10.6 Å². The second kappa shape index (κ2) is 5.65. The lowest BCUT2D eigenvalue weighted by molar-refractivity contribution is 0.592. The summed E-state index contributed by atoms with van der Waals surface area (Å²) in [6.45, 7) is 0. The van der Waals surface area contributed by atoms with Gasteiger partial charge in [-0.2, -0.15) is 4.52 Å². The summed E-state index contributed by atoms with van der Waals surface area (Å²) in [5.74, 6) is 0.661. The Hall–Kier alpha value is -2.23. The lowest BCUT2D eigenvalue weighted by Crippen LogP contribution is -2.12. The fourth-order valence-corrected chi connectivity index (χ4v) is 4.93. The van der Waals surface area contributed by atoms with E-state index in [9.17, 15) is 8.42 Å². The van der Waals surface area contributed by atoms with Crippen LogP contribution < -0.4 is 4.90 Å². The summed E-state index contributed by atoms with van der Waals surface area (Å²) in [4.78, 5) is 7.18. The van der Waals surface area contributed by atoms with Crippen molar-refractivity contribution in [2.75, 3.05) is 19.0 Å². The Labute approximate surface area is 152 Å². The van der Waals surface area contributed by atoms with Gasteiger partial charge in [0.15, 0.2) is 5.65 Å². The Bertz CT molecular complexity index is 1210. The topological polar surface area (TPSA) is 80.5 Å². The van der Waals surface area contributed by atoms with Gasteiger partial charge >= 0.3 is 0 Å². The van der Waals surface area contributed by atoms with Crippen LogP contribution >= 0.6 is 22.9 Å². The van der Waals surface area contributed by atoms with Gasteiger partial charge in [-0.3, -0.25) is 0 Å². The van der Waals surface area contributed by atoms with Gasteiger partial charge in [-0.25, -0.2) is 13.4 Å². The van der Waals surface area contributed by atoms with E-state index < -0.39 is 9.84 Å². The van der Waals surface area contributed by atoms with Crippen molar-refractivity contribution in [3.63, 3.8) is 0 Å². The highest BCUT2D eigenvalue weighted by atomic mass is 35.5. The molecule has 0 saturated heterocycles. The molecule has 0 unspecified atom stereocenters. The summed E-state index contributed by atoms with van der Waals surface area (Å²) in [5, 5.41) is 10.9.